The minimum atomic E-state index is -0.150. The normalized spacial score (nSPS) is 12.2. The van der Waals surface area contributed by atoms with Crippen LogP contribution in [-0.4, -0.2) is 41.0 Å². The van der Waals surface area contributed by atoms with E-state index in [1.807, 2.05) is 92.0 Å². The van der Waals surface area contributed by atoms with E-state index < -0.39 is 0 Å². The molecule has 0 saturated heterocycles. The van der Waals surface area contributed by atoms with E-state index in [-0.39, 0.29) is 31.2 Å². The van der Waals surface area contributed by atoms with Gasteiger partial charge in [0.15, 0.2) is 11.5 Å². The van der Waals surface area contributed by atoms with Crippen LogP contribution in [0.15, 0.2) is 78.2 Å². The van der Waals surface area contributed by atoms with Crippen LogP contribution in [0.4, 0.5) is 0 Å². The molecule has 0 bridgehead atoms. The Balaban J connectivity index is 1.37. The van der Waals surface area contributed by atoms with E-state index in [9.17, 15) is 9.59 Å². The van der Waals surface area contributed by atoms with Crippen molar-refractivity contribution >= 4 is 33.9 Å². The Kier molecular flexibility index (Phi) is 6.91. The second-order valence-electron chi connectivity index (χ2n) is 9.11. The fourth-order valence-electron chi connectivity index (χ4n) is 4.31. The SMILES string of the molecule is CC(C)N(CC(=O)N(Cc1ccc2c(c1)OCO2)Cc1cccs1)C(=O)c1ccc2ccccc2c1. The van der Waals surface area contributed by atoms with E-state index in [2.05, 4.69) is 0 Å². The van der Waals surface area contributed by atoms with Gasteiger partial charge in [-0.15, -0.1) is 11.3 Å². The minimum Gasteiger partial charge on any atom is -0.454 e. The molecular weight excluding hydrogens is 472 g/mol. The van der Waals surface area contributed by atoms with Gasteiger partial charge in [-0.2, -0.15) is 0 Å². The fraction of sp³-hybridized carbons (Fsp3) is 0.241. The van der Waals surface area contributed by atoms with Crippen LogP contribution < -0.4 is 9.47 Å². The fourth-order valence-corrected chi connectivity index (χ4v) is 5.02. The zero-order valence-electron chi connectivity index (χ0n) is 20.3. The average Bonchev–Trinajstić information content (AvgIpc) is 3.57. The van der Waals surface area contributed by atoms with Gasteiger partial charge in [-0.3, -0.25) is 9.59 Å². The highest BCUT2D eigenvalue weighted by molar-refractivity contribution is 7.09. The summed E-state index contributed by atoms with van der Waals surface area (Å²) in [5, 5.41) is 4.08. The van der Waals surface area contributed by atoms with Gasteiger partial charge < -0.3 is 19.3 Å². The highest BCUT2D eigenvalue weighted by atomic mass is 32.1. The van der Waals surface area contributed by atoms with Crippen LogP contribution in [0.1, 0.15) is 34.6 Å². The number of nitrogens with zero attached hydrogens (tertiary/aromatic N) is 2. The van der Waals surface area contributed by atoms with Crippen molar-refractivity contribution in [1.29, 1.82) is 0 Å². The molecule has 6 nitrogen and oxygen atoms in total. The van der Waals surface area contributed by atoms with Crippen LogP contribution >= 0.6 is 11.3 Å². The highest BCUT2D eigenvalue weighted by Crippen LogP contribution is 2.33. The molecule has 0 fully saturated rings. The number of benzene rings is 3. The first-order valence-corrected chi connectivity index (χ1v) is 12.8. The number of fused-ring (bicyclic) bond motifs is 2. The van der Waals surface area contributed by atoms with E-state index >= 15 is 0 Å². The number of amides is 2. The quantitative estimate of drug-likeness (QED) is 0.311. The lowest BCUT2D eigenvalue weighted by Gasteiger charge is -2.30. The van der Waals surface area contributed by atoms with Crippen molar-refractivity contribution in [2.45, 2.75) is 33.0 Å². The number of thiophene rings is 1. The third-order valence-electron chi connectivity index (χ3n) is 6.28. The Bertz CT molecular complexity index is 1380. The monoisotopic (exact) mass is 500 g/mol. The van der Waals surface area contributed by atoms with Gasteiger partial charge in [0.2, 0.25) is 12.7 Å². The summed E-state index contributed by atoms with van der Waals surface area (Å²) in [5.74, 6) is 1.14. The molecule has 2 amide bonds. The lowest BCUT2D eigenvalue weighted by molar-refractivity contribution is -0.133. The van der Waals surface area contributed by atoms with Crippen molar-refractivity contribution in [2.75, 3.05) is 13.3 Å². The predicted molar refractivity (Wildman–Crippen MR) is 141 cm³/mol. The van der Waals surface area contributed by atoms with Crippen molar-refractivity contribution in [3.63, 3.8) is 0 Å². The van der Waals surface area contributed by atoms with Crippen molar-refractivity contribution in [1.82, 2.24) is 9.80 Å². The predicted octanol–water partition coefficient (Wildman–Crippen LogP) is 5.71. The molecule has 0 N–H and O–H groups in total. The Labute approximate surface area is 214 Å². The topological polar surface area (TPSA) is 59.1 Å². The van der Waals surface area contributed by atoms with Gasteiger partial charge in [0.25, 0.3) is 5.91 Å². The molecule has 0 atom stereocenters. The third kappa shape index (κ3) is 5.21. The maximum Gasteiger partial charge on any atom is 0.254 e. The third-order valence-corrected chi connectivity index (χ3v) is 7.14. The number of carbonyl (C=O) groups is 2. The van der Waals surface area contributed by atoms with E-state index in [0.29, 0.717) is 30.2 Å². The van der Waals surface area contributed by atoms with Crippen LogP contribution in [0.5, 0.6) is 11.5 Å². The van der Waals surface area contributed by atoms with Crippen molar-refractivity contribution in [3.8, 4) is 11.5 Å². The Morgan fingerprint density at radius 1 is 0.889 bits per heavy atom. The first kappa shape index (κ1) is 23.9. The molecule has 4 aromatic rings. The van der Waals surface area contributed by atoms with Gasteiger partial charge in [0.05, 0.1) is 6.54 Å². The summed E-state index contributed by atoms with van der Waals surface area (Å²) in [4.78, 5) is 31.7. The molecule has 0 aliphatic carbocycles. The van der Waals surface area contributed by atoms with Crippen LogP contribution in [0, 0.1) is 0 Å². The summed E-state index contributed by atoms with van der Waals surface area (Å²) < 4.78 is 10.9. The first-order chi connectivity index (χ1) is 17.5. The van der Waals surface area contributed by atoms with Gasteiger partial charge in [-0.05, 0) is 65.9 Å². The molecule has 1 aliphatic heterocycles. The molecule has 2 heterocycles. The van der Waals surface area contributed by atoms with Crippen LogP contribution in [-0.2, 0) is 17.9 Å². The molecule has 3 aromatic carbocycles. The van der Waals surface area contributed by atoms with Gasteiger partial charge in [0, 0.05) is 23.0 Å². The first-order valence-electron chi connectivity index (χ1n) is 12.0. The molecule has 5 rings (SSSR count). The number of hydrogen-bond donors (Lipinski definition) is 0. The molecule has 0 saturated carbocycles. The Morgan fingerprint density at radius 3 is 2.47 bits per heavy atom. The molecule has 0 radical (unpaired) electrons. The second-order valence-corrected chi connectivity index (χ2v) is 10.1. The van der Waals surface area contributed by atoms with Crippen molar-refractivity contribution in [2.24, 2.45) is 0 Å². The Morgan fingerprint density at radius 2 is 1.69 bits per heavy atom. The lowest BCUT2D eigenvalue weighted by Crippen LogP contribution is -2.45. The average molecular weight is 501 g/mol. The number of rotatable bonds is 8. The molecule has 1 aliphatic rings. The lowest BCUT2D eigenvalue weighted by atomic mass is 10.1. The molecule has 0 unspecified atom stereocenters. The van der Waals surface area contributed by atoms with E-state index in [0.717, 1.165) is 21.2 Å². The number of ether oxygens (including phenoxy) is 2. The van der Waals surface area contributed by atoms with E-state index in [4.69, 9.17) is 9.47 Å². The van der Waals surface area contributed by atoms with Crippen LogP contribution in [0.2, 0.25) is 0 Å². The van der Waals surface area contributed by atoms with Crippen LogP contribution in [0.25, 0.3) is 10.8 Å². The van der Waals surface area contributed by atoms with Crippen molar-refractivity contribution in [3.05, 3.63) is 94.2 Å². The van der Waals surface area contributed by atoms with Gasteiger partial charge in [0.1, 0.15) is 6.54 Å². The molecular formula is C29H28N2O4S. The van der Waals surface area contributed by atoms with Crippen LogP contribution in [0.3, 0.4) is 0 Å². The van der Waals surface area contributed by atoms with Gasteiger partial charge in [-0.25, -0.2) is 0 Å². The summed E-state index contributed by atoms with van der Waals surface area (Å²) >= 11 is 1.61. The molecule has 7 heteroatoms. The maximum absolute atomic E-state index is 13.7. The summed E-state index contributed by atoms with van der Waals surface area (Å²) in [5.41, 5.74) is 1.52. The molecule has 184 valence electrons. The van der Waals surface area contributed by atoms with Crippen molar-refractivity contribution < 1.29 is 19.1 Å². The number of hydrogen-bond acceptors (Lipinski definition) is 5. The zero-order valence-corrected chi connectivity index (χ0v) is 21.2. The molecule has 1 aromatic heterocycles. The molecule has 36 heavy (non-hydrogen) atoms. The summed E-state index contributed by atoms with van der Waals surface area (Å²) in [6.45, 7) is 4.96. The standard InChI is InChI=1S/C29H28N2O4S/c1-20(2)31(29(33)24-11-10-22-6-3-4-7-23(22)15-24)18-28(32)30(17-25-8-5-13-36-25)16-21-9-12-26-27(14-21)35-19-34-26/h3-15,20H,16-19H2,1-2H3. The minimum absolute atomic E-state index is 0.000740. The summed E-state index contributed by atoms with van der Waals surface area (Å²) in [7, 11) is 0. The van der Waals surface area contributed by atoms with E-state index in [1.165, 1.54) is 0 Å². The van der Waals surface area contributed by atoms with Gasteiger partial charge in [-0.1, -0.05) is 42.5 Å². The van der Waals surface area contributed by atoms with E-state index in [1.54, 1.807) is 21.1 Å². The summed E-state index contributed by atoms with van der Waals surface area (Å²) in [6.07, 6.45) is 0. The summed E-state index contributed by atoms with van der Waals surface area (Å²) in [6, 6.07) is 23.2. The highest BCUT2D eigenvalue weighted by Gasteiger charge is 2.26. The molecule has 0 spiro atoms. The zero-order chi connectivity index (χ0) is 25.1. The van der Waals surface area contributed by atoms with Gasteiger partial charge >= 0.3 is 0 Å². The second kappa shape index (κ2) is 10.4. The number of carbonyl (C=O) groups excluding carboxylic acids is 2. The maximum atomic E-state index is 13.7. The smallest absolute Gasteiger partial charge is 0.254 e. The Hall–Kier alpha value is -3.84. The largest absolute Gasteiger partial charge is 0.454 e.